The van der Waals surface area contributed by atoms with Crippen molar-refractivity contribution in [2.75, 3.05) is 25.0 Å². The second-order valence-electron chi connectivity index (χ2n) is 6.58. The maximum Gasteiger partial charge on any atom is 0.409 e. The van der Waals surface area contributed by atoms with Crippen molar-refractivity contribution in [2.45, 2.75) is 32.4 Å². The lowest BCUT2D eigenvalue weighted by atomic mass is 10.1. The topological polar surface area (TPSA) is 96.5 Å². The van der Waals surface area contributed by atoms with Crippen molar-refractivity contribution in [3.8, 4) is 0 Å². The molecule has 0 radical (unpaired) electrons. The summed E-state index contributed by atoms with van der Waals surface area (Å²) in [5, 5.41) is 6.25. The Bertz CT molecular complexity index is 791. The number of likely N-dealkylation sites (tertiary alicyclic amines) is 1. The van der Waals surface area contributed by atoms with Gasteiger partial charge in [-0.15, -0.1) is 0 Å². The zero-order valence-corrected chi connectivity index (χ0v) is 15.9. The summed E-state index contributed by atoms with van der Waals surface area (Å²) in [5.41, 5.74) is 1.49. The first-order chi connectivity index (χ1) is 13.7. The molecule has 28 heavy (non-hydrogen) atoms. The molecular formula is C20H25N5O3. The van der Waals surface area contributed by atoms with Gasteiger partial charge in [0.2, 0.25) is 0 Å². The molecule has 0 saturated carbocycles. The highest BCUT2D eigenvalue weighted by Crippen LogP contribution is 2.17. The summed E-state index contributed by atoms with van der Waals surface area (Å²) >= 11 is 0. The Morgan fingerprint density at radius 1 is 1.25 bits per heavy atom. The van der Waals surface area contributed by atoms with Gasteiger partial charge in [0.15, 0.2) is 0 Å². The zero-order valence-electron chi connectivity index (χ0n) is 15.9. The summed E-state index contributed by atoms with van der Waals surface area (Å²) in [4.78, 5) is 34.2. The molecule has 148 valence electrons. The SMILES string of the molecule is CCOC(=O)N1CCC(Nc2cc(C(=O)NCc3cccnc3)ccn2)CC1. The Labute approximate surface area is 164 Å². The molecule has 3 rings (SSSR count). The zero-order chi connectivity index (χ0) is 19.8. The standard InChI is InChI=1S/C20H25N5O3/c1-2-28-20(27)25-10-6-17(7-11-25)24-18-12-16(5-9-22-18)19(26)23-14-15-4-3-8-21-13-15/h3-5,8-9,12-13,17H,2,6-7,10-11,14H2,1H3,(H,22,24)(H,23,26). The first kappa shape index (κ1) is 19.6. The van der Waals surface area contributed by atoms with Gasteiger partial charge in [0.1, 0.15) is 5.82 Å². The van der Waals surface area contributed by atoms with Gasteiger partial charge in [0.05, 0.1) is 6.61 Å². The molecule has 0 atom stereocenters. The quantitative estimate of drug-likeness (QED) is 0.795. The van der Waals surface area contributed by atoms with E-state index in [-0.39, 0.29) is 18.0 Å². The van der Waals surface area contributed by atoms with Crippen LogP contribution in [0.4, 0.5) is 10.6 Å². The van der Waals surface area contributed by atoms with Gasteiger partial charge in [-0.2, -0.15) is 0 Å². The molecule has 0 unspecified atom stereocenters. The fourth-order valence-corrected chi connectivity index (χ4v) is 3.07. The molecule has 0 bridgehead atoms. The van der Waals surface area contributed by atoms with Crippen molar-refractivity contribution < 1.29 is 14.3 Å². The lowest BCUT2D eigenvalue weighted by Gasteiger charge is -2.31. The monoisotopic (exact) mass is 383 g/mol. The molecule has 1 saturated heterocycles. The number of carbonyl (C=O) groups is 2. The molecule has 0 spiro atoms. The van der Waals surface area contributed by atoms with Crippen molar-refractivity contribution in [2.24, 2.45) is 0 Å². The van der Waals surface area contributed by atoms with Crippen LogP contribution in [0.15, 0.2) is 42.9 Å². The summed E-state index contributed by atoms with van der Waals surface area (Å²) in [7, 11) is 0. The maximum absolute atomic E-state index is 12.4. The number of pyridine rings is 2. The van der Waals surface area contributed by atoms with Gasteiger partial charge in [-0.25, -0.2) is 9.78 Å². The van der Waals surface area contributed by atoms with Crippen molar-refractivity contribution in [1.82, 2.24) is 20.2 Å². The summed E-state index contributed by atoms with van der Waals surface area (Å²) < 4.78 is 5.04. The third kappa shape index (κ3) is 5.42. The number of aromatic nitrogens is 2. The minimum Gasteiger partial charge on any atom is -0.450 e. The average molecular weight is 383 g/mol. The molecule has 1 aliphatic rings. The fraction of sp³-hybridized carbons (Fsp3) is 0.400. The number of ether oxygens (including phenoxy) is 1. The molecule has 2 aromatic rings. The minimum atomic E-state index is -0.258. The van der Waals surface area contributed by atoms with Crippen LogP contribution < -0.4 is 10.6 Å². The molecule has 8 nitrogen and oxygen atoms in total. The Hall–Kier alpha value is -3.16. The van der Waals surface area contributed by atoms with Gasteiger partial charge in [0, 0.05) is 49.8 Å². The number of rotatable bonds is 6. The van der Waals surface area contributed by atoms with E-state index in [1.54, 1.807) is 42.5 Å². The first-order valence-corrected chi connectivity index (χ1v) is 9.47. The average Bonchev–Trinajstić information content (AvgIpc) is 2.73. The van der Waals surface area contributed by atoms with Crippen LogP contribution in [0.1, 0.15) is 35.7 Å². The number of nitrogens with one attached hydrogen (secondary N) is 2. The number of nitrogens with zero attached hydrogens (tertiary/aromatic N) is 3. The predicted octanol–water partition coefficient (Wildman–Crippen LogP) is 2.44. The van der Waals surface area contributed by atoms with Gasteiger partial charge >= 0.3 is 6.09 Å². The number of anilines is 1. The Morgan fingerprint density at radius 3 is 2.79 bits per heavy atom. The molecule has 2 aromatic heterocycles. The summed E-state index contributed by atoms with van der Waals surface area (Å²) in [5.74, 6) is 0.495. The van der Waals surface area contributed by atoms with E-state index >= 15 is 0 Å². The van der Waals surface area contributed by atoms with Crippen LogP contribution >= 0.6 is 0 Å². The minimum absolute atomic E-state index is 0.161. The number of piperidine rings is 1. The first-order valence-electron chi connectivity index (χ1n) is 9.47. The highest BCUT2D eigenvalue weighted by Gasteiger charge is 2.23. The molecule has 1 aliphatic heterocycles. The second-order valence-corrected chi connectivity index (χ2v) is 6.58. The molecule has 8 heteroatoms. The summed E-state index contributed by atoms with van der Waals surface area (Å²) in [6.07, 6.45) is 6.39. The number of amides is 2. The van der Waals surface area contributed by atoms with E-state index in [1.165, 1.54) is 0 Å². The van der Waals surface area contributed by atoms with Crippen molar-refractivity contribution in [3.05, 3.63) is 54.0 Å². The van der Waals surface area contributed by atoms with Gasteiger partial charge in [-0.1, -0.05) is 6.07 Å². The molecule has 0 aliphatic carbocycles. The van der Waals surface area contributed by atoms with Crippen LogP contribution in [-0.4, -0.2) is 52.6 Å². The van der Waals surface area contributed by atoms with Crippen LogP contribution in [0.3, 0.4) is 0 Å². The number of carbonyl (C=O) groups excluding carboxylic acids is 2. The summed E-state index contributed by atoms with van der Waals surface area (Å²) in [6, 6.07) is 7.38. The Balaban J connectivity index is 1.51. The molecule has 2 amide bonds. The molecule has 3 heterocycles. The smallest absolute Gasteiger partial charge is 0.409 e. The van der Waals surface area contributed by atoms with Crippen LogP contribution in [0, 0.1) is 0 Å². The van der Waals surface area contributed by atoms with Gasteiger partial charge in [-0.3, -0.25) is 9.78 Å². The lowest BCUT2D eigenvalue weighted by Crippen LogP contribution is -2.42. The normalized spacial score (nSPS) is 14.4. The van der Waals surface area contributed by atoms with E-state index in [1.807, 2.05) is 12.1 Å². The molecule has 1 fully saturated rings. The Morgan fingerprint density at radius 2 is 2.07 bits per heavy atom. The number of hydrogen-bond donors (Lipinski definition) is 2. The van der Waals surface area contributed by atoms with Gasteiger partial charge in [0.25, 0.3) is 5.91 Å². The van der Waals surface area contributed by atoms with E-state index in [0.717, 1.165) is 18.4 Å². The van der Waals surface area contributed by atoms with Crippen LogP contribution in [0.2, 0.25) is 0 Å². The van der Waals surface area contributed by atoms with Crippen molar-refractivity contribution in [1.29, 1.82) is 0 Å². The van der Waals surface area contributed by atoms with Gasteiger partial charge in [-0.05, 0) is 43.5 Å². The summed E-state index contributed by atoms with van der Waals surface area (Å²) in [6.45, 7) is 3.89. The molecule has 0 aromatic carbocycles. The van der Waals surface area contributed by atoms with Crippen LogP contribution in [-0.2, 0) is 11.3 Å². The highest BCUT2D eigenvalue weighted by molar-refractivity contribution is 5.94. The molecular weight excluding hydrogens is 358 g/mol. The van der Waals surface area contributed by atoms with E-state index in [2.05, 4.69) is 20.6 Å². The molecule has 2 N–H and O–H groups in total. The largest absolute Gasteiger partial charge is 0.450 e. The van der Waals surface area contributed by atoms with Crippen LogP contribution in [0.25, 0.3) is 0 Å². The fourth-order valence-electron chi connectivity index (χ4n) is 3.07. The van der Waals surface area contributed by atoms with Crippen molar-refractivity contribution in [3.63, 3.8) is 0 Å². The van der Waals surface area contributed by atoms with Crippen molar-refractivity contribution >= 4 is 17.8 Å². The predicted molar refractivity (Wildman–Crippen MR) is 105 cm³/mol. The third-order valence-electron chi connectivity index (χ3n) is 4.57. The van der Waals surface area contributed by atoms with E-state index in [0.29, 0.717) is 37.6 Å². The van der Waals surface area contributed by atoms with E-state index in [4.69, 9.17) is 4.74 Å². The maximum atomic E-state index is 12.4. The van der Waals surface area contributed by atoms with Crippen LogP contribution in [0.5, 0.6) is 0 Å². The van der Waals surface area contributed by atoms with E-state index < -0.39 is 0 Å². The van der Waals surface area contributed by atoms with E-state index in [9.17, 15) is 9.59 Å². The lowest BCUT2D eigenvalue weighted by molar-refractivity contribution is 0.0948. The van der Waals surface area contributed by atoms with Gasteiger partial charge < -0.3 is 20.3 Å². The second kappa shape index (κ2) is 9.68. The third-order valence-corrected chi connectivity index (χ3v) is 4.57. The highest BCUT2D eigenvalue weighted by atomic mass is 16.6. The Kier molecular flexibility index (Phi) is 6.78. The number of hydrogen-bond acceptors (Lipinski definition) is 6.